The zero-order chi connectivity index (χ0) is 20.8. The van der Waals surface area contributed by atoms with Crippen LogP contribution in [0.3, 0.4) is 0 Å². The highest BCUT2D eigenvalue weighted by Gasteiger charge is 2.12. The van der Waals surface area contributed by atoms with Crippen LogP contribution in [0.25, 0.3) is 11.6 Å². The lowest BCUT2D eigenvalue weighted by Gasteiger charge is -2.14. The van der Waals surface area contributed by atoms with Gasteiger partial charge in [0.15, 0.2) is 11.5 Å². The predicted molar refractivity (Wildman–Crippen MR) is 121 cm³/mol. The first-order valence-electron chi connectivity index (χ1n) is 9.25. The molecule has 3 aromatic carbocycles. The maximum absolute atomic E-state index is 9.61. The second-order valence-corrected chi connectivity index (χ2v) is 7.70. The highest BCUT2D eigenvalue weighted by atomic mass is 79.9. The van der Waals surface area contributed by atoms with E-state index in [1.54, 1.807) is 7.11 Å². The highest BCUT2D eigenvalue weighted by Crippen LogP contribution is 2.38. The summed E-state index contributed by atoms with van der Waals surface area (Å²) in [6.45, 7) is 4.53. The van der Waals surface area contributed by atoms with Crippen molar-refractivity contribution in [3.63, 3.8) is 0 Å². The highest BCUT2D eigenvalue weighted by molar-refractivity contribution is 9.10. The van der Waals surface area contributed by atoms with E-state index in [0.29, 0.717) is 23.7 Å². The monoisotopic (exact) mass is 447 g/mol. The molecule has 3 rings (SSSR count). The second-order valence-electron chi connectivity index (χ2n) is 6.85. The smallest absolute Gasteiger partial charge is 0.175 e. The Morgan fingerprint density at radius 3 is 2.45 bits per heavy atom. The number of halogens is 1. The molecule has 146 valence electrons. The Morgan fingerprint density at radius 1 is 1.03 bits per heavy atom. The Morgan fingerprint density at radius 2 is 1.79 bits per heavy atom. The predicted octanol–water partition coefficient (Wildman–Crippen LogP) is 6.72. The lowest BCUT2D eigenvalue weighted by atomic mass is 10.0. The average Bonchev–Trinajstić information content (AvgIpc) is 2.71. The van der Waals surface area contributed by atoms with E-state index in [9.17, 15) is 5.26 Å². The quantitative estimate of drug-likeness (QED) is 0.311. The fraction of sp³-hybridized carbons (Fsp3) is 0.160. The number of benzene rings is 3. The van der Waals surface area contributed by atoms with Crippen LogP contribution < -0.4 is 9.47 Å². The summed E-state index contributed by atoms with van der Waals surface area (Å²) in [4.78, 5) is 0. The van der Waals surface area contributed by atoms with Gasteiger partial charge in [0.1, 0.15) is 6.61 Å². The van der Waals surface area contributed by atoms with Gasteiger partial charge in [0.05, 0.1) is 23.2 Å². The third-order valence-corrected chi connectivity index (χ3v) is 5.10. The van der Waals surface area contributed by atoms with Gasteiger partial charge in [-0.1, -0.05) is 59.7 Å². The van der Waals surface area contributed by atoms with Gasteiger partial charge < -0.3 is 9.47 Å². The van der Waals surface area contributed by atoms with E-state index in [2.05, 4.69) is 41.1 Å². The Balaban J connectivity index is 1.89. The van der Waals surface area contributed by atoms with Crippen molar-refractivity contribution in [2.75, 3.05) is 7.11 Å². The van der Waals surface area contributed by atoms with E-state index in [4.69, 9.17) is 9.47 Å². The van der Waals surface area contributed by atoms with Crippen molar-refractivity contribution in [1.29, 1.82) is 5.26 Å². The fourth-order valence-electron chi connectivity index (χ4n) is 3.00. The molecular weight excluding hydrogens is 426 g/mol. The first kappa shape index (κ1) is 20.7. The Hall–Kier alpha value is -3.03. The van der Waals surface area contributed by atoms with Gasteiger partial charge in [0.25, 0.3) is 0 Å². The lowest BCUT2D eigenvalue weighted by Crippen LogP contribution is -1.99. The first-order chi connectivity index (χ1) is 14.0. The number of hydrogen-bond acceptors (Lipinski definition) is 3. The third kappa shape index (κ3) is 5.28. The van der Waals surface area contributed by atoms with Crippen LogP contribution in [0.2, 0.25) is 0 Å². The SMILES string of the molecule is COc1cc(/C=C(/C#N)c2ccc(C)cc2)cc(Br)c1OCc1cccc(C)c1. The minimum absolute atomic E-state index is 0.443. The molecule has 0 aromatic heterocycles. The molecule has 0 aliphatic rings. The van der Waals surface area contributed by atoms with Gasteiger partial charge in [0, 0.05) is 0 Å². The van der Waals surface area contributed by atoms with Gasteiger partial charge in [-0.3, -0.25) is 0 Å². The summed E-state index contributed by atoms with van der Waals surface area (Å²) in [5.74, 6) is 1.25. The molecule has 0 heterocycles. The Labute approximate surface area is 180 Å². The standard InChI is InChI=1S/C25H22BrNO2/c1-17-7-9-21(10-8-17)22(15-27)12-20-13-23(26)25(24(14-20)28-3)29-16-19-6-4-5-18(2)11-19/h4-14H,16H2,1-3H3/b22-12-. The van der Waals surface area contributed by atoms with Gasteiger partial charge in [-0.2, -0.15) is 5.26 Å². The summed E-state index contributed by atoms with van der Waals surface area (Å²) in [5, 5.41) is 9.61. The molecule has 0 spiro atoms. The molecule has 0 fully saturated rings. The largest absolute Gasteiger partial charge is 0.493 e. The van der Waals surface area contributed by atoms with Gasteiger partial charge in [-0.25, -0.2) is 0 Å². The molecule has 3 nitrogen and oxygen atoms in total. The number of ether oxygens (including phenoxy) is 2. The summed E-state index contributed by atoms with van der Waals surface area (Å²) in [6.07, 6.45) is 1.85. The molecule has 0 saturated heterocycles. The van der Waals surface area contributed by atoms with E-state index in [1.165, 1.54) is 5.56 Å². The minimum atomic E-state index is 0.443. The summed E-state index contributed by atoms with van der Waals surface area (Å²) in [7, 11) is 1.61. The number of methoxy groups -OCH3 is 1. The van der Waals surface area contributed by atoms with Crippen LogP contribution in [0, 0.1) is 25.2 Å². The first-order valence-corrected chi connectivity index (χ1v) is 10.0. The molecule has 0 aliphatic heterocycles. The summed E-state index contributed by atoms with van der Waals surface area (Å²) < 4.78 is 12.3. The Kier molecular flexibility index (Phi) is 6.74. The van der Waals surface area contributed by atoms with E-state index in [0.717, 1.165) is 26.7 Å². The fourth-order valence-corrected chi connectivity index (χ4v) is 3.57. The van der Waals surface area contributed by atoms with Crippen LogP contribution in [-0.4, -0.2) is 7.11 Å². The molecule has 0 bridgehead atoms. The lowest BCUT2D eigenvalue weighted by molar-refractivity contribution is 0.282. The number of nitrogens with zero attached hydrogens (tertiary/aromatic N) is 1. The van der Waals surface area contributed by atoms with E-state index in [1.807, 2.05) is 61.5 Å². The molecule has 4 heteroatoms. The topological polar surface area (TPSA) is 42.2 Å². The number of allylic oxidation sites excluding steroid dienone is 1. The van der Waals surface area contributed by atoms with Crippen molar-refractivity contribution < 1.29 is 9.47 Å². The van der Waals surface area contributed by atoms with Crippen LogP contribution in [0.4, 0.5) is 0 Å². The molecule has 3 aromatic rings. The third-order valence-electron chi connectivity index (χ3n) is 4.51. The van der Waals surface area contributed by atoms with Gasteiger partial charge >= 0.3 is 0 Å². The van der Waals surface area contributed by atoms with E-state index in [-0.39, 0.29) is 0 Å². The van der Waals surface area contributed by atoms with Crippen molar-refractivity contribution in [2.45, 2.75) is 20.5 Å². The van der Waals surface area contributed by atoms with Crippen molar-refractivity contribution >= 4 is 27.6 Å². The minimum Gasteiger partial charge on any atom is -0.493 e. The van der Waals surface area contributed by atoms with Gasteiger partial charge in [-0.05, 0) is 64.7 Å². The molecule has 0 saturated carbocycles. The van der Waals surface area contributed by atoms with Gasteiger partial charge in [0.2, 0.25) is 0 Å². The molecule has 0 unspecified atom stereocenters. The molecule has 0 radical (unpaired) electrons. The summed E-state index contributed by atoms with van der Waals surface area (Å²) in [5.41, 5.74) is 5.77. The average molecular weight is 448 g/mol. The van der Waals surface area contributed by atoms with Crippen molar-refractivity contribution in [3.8, 4) is 17.6 Å². The molecule has 29 heavy (non-hydrogen) atoms. The van der Waals surface area contributed by atoms with Crippen molar-refractivity contribution in [2.24, 2.45) is 0 Å². The zero-order valence-corrected chi connectivity index (χ0v) is 18.3. The van der Waals surface area contributed by atoms with Gasteiger partial charge in [-0.15, -0.1) is 0 Å². The number of hydrogen-bond donors (Lipinski definition) is 0. The Bertz CT molecular complexity index is 1080. The maximum Gasteiger partial charge on any atom is 0.175 e. The van der Waals surface area contributed by atoms with E-state index >= 15 is 0 Å². The molecule has 0 aliphatic carbocycles. The molecule has 0 atom stereocenters. The second kappa shape index (κ2) is 9.45. The molecular formula is C25H22BrNO2. The van der Waals surface area contributed by atoms with Crippen molar-refractivity contribution in [3.05, 3.63) is 93.0 Å². The van der Waals surface area contributed by atoms with E-state index < -0.39 is 0 Å². The van der Waals surface area contributed by atoms with Crippen LogP contribution in [0.15, 0.2) is 65.1 Å². The van der Waals surface area contributed by atoms with Crippen LogP contribution in [-0.2, 0) is 6.61 Å². The number of nitriles is 1. The number of rotatable bonds is 6. The molecule has 0 amide bonds. The van der Waals surface area contributed by atoms with Crippen LogP contribution in [0.1, 0.15) is 27.8 Å². The van der Waals surface area contributed by atoms with Crippen LogP contribution in [0.5, 0.6) is 11.5 Å². The number of aryl methyl sites for hydroxylation is 2. The maximum atomic E-state index is 9.61. The summed E-state index contributed by atoms with van der Waals surface area (Å²) >= 11 is 3.59. The van der Waals surface area contributed by atoms with Crippen molar-refractivity contribution in [1.82, 2.24) is 0 Å². The molecule has 0 N–H and O–H groups in total. The normalized spacial score (nSPS) is 11.1. The zero-order valence-electron chi connectivity index (χ0n) is 16.7. The van der Waals surface area contributed by atoms with Crippen LogP contribution >= 0.6 is 15.9 Å². The summed E-state index contributed by atoms with van der Waals surface area (Å²) in [6, 6.07) is 22.2.